The summed E-state index contributed by atoms with van der Waals surface area (Å²) in [5, 5.41) is 11.4. The Bertz CT molecular complexity index is 1300. The van der Waals surface area contributed by atoms with Crippen LogP contribution in [0.15, 0.2) is 84.4 Å². The number of Topliss-reactive ketones (excluding diaryl/α,β-unsaturated/α-hetero) is 1. The SMILES string of the molecule is CCCOc1cccc(C(O)=C2C(=O)C(=O)N(CCCN(C)C)C2c2cccc(Oc3ccccc3)c2)c1. The van der Waals surface area contributed by atoms with Crippen LogP contribution in [0.5, 0.6) is 17.2 Å². The van der Waals surface area contributed by atoms with Crippen LogP contribution in [0.2, 0.25) is 0 Å². The van der Waals surface area contributed by atoms with Gasteiger partial charge in [0, 0.05) is 12.1 Å². The fraction of sp³-hybridized carbons (Fsp3) is 0.290. The maximum Gasteiger partial charge on any atom is 0.295 e. The highest BCUT2D eigenvalue weighted by Gasteiger charge is 2.46. The Morgan fingerprint density at radius 3 is 2.37 bits per heavy atom. The summed E-state index contributed by atoms with van der Waals surface area (Å²) in [5.74, 6) is 0.288. The Morgan fingerprint density at radius 2 is 1.63 bits per heavy atom. The Hall–Kier alpha value is -4.10. The summed E-state index contributed by atoms with van der Waals surface area (Å²) in [7, 11) is 3.92. The topological polar surface area (TPSA) is 79.3 Å². The van der Waals surface area contributed by atoms with Gasteiger partial charge in [-0.25, -0.2) is 0 Å². The number of amides is 1. The molecule has 0 saturated carbocycles. The molecule has 0 aliphatic carbocycles. The quantitative estimate of drug-likeness (QED) is 0.203. The number of carbonyl (C=O) groups excluding carboxylic acids is 2. The number of ether oxygens (including phenoxy) is 2. The molecule has 1 unspecified atom stereocenters. The molecule has 1 fully saturated rings. The van der Waals surface area contributed by atoms with E-state index in [1.54, 1.807) is 29.2 Å². The minimum absolute atomic E-state index is 0.0596. The molecule has 1 aliphatic rings. The summed E-state index contributed by atoms with van der Waals surface area (Å²) in [6.07, 6.45) is 1.52. The number of likely N-dealkylation sites (tertiary alicyclic amines) is 1. The van der Waals surface area contributed by atoms with Crippen LogP contribution in [0.4, 0.5) is 0 Å². The Labute approximate surface area is 223 Å². The molecule has 1 heterocycles. The van der Waals surface area contributed by atoms with Crippen LogP contribution in [0.1, 0.15) is 36.9 Å². The number of para-hydroxylation sites is 1. The molecule has 1 saturated heterocycles. The lowest BCUT2D eigenvalue weighted by atomic mass is 9.95. The van der Waals surface area contributed by atoms with Gasteiger partial charge in [-0.2, -0.15) is 0 Å². The average Bonchev–Trinajstić information content (AvgIpc) is 3.17. The number of carbonyl (C=O) groups is 2. The van der Waals surface area contributed by atoms with Crippen molar-refractivity contribution in [3.63, 3.8) is 0 Å². The van der Waals surface area contributed by atoms with Crippen molar-refractivity contribution in [3.8, 4) is 17.2 Å². The summed E-state index contributed by atoms with van der Waals surface area (Å²) < 4.78 is 11.7. The molecule has 7 heteroatoms. The fourth-order valence-corrected chi connectivity index (χ4v) is 4.50. The van der Waals surface area contributed by atoms with E-state index in [2.05, 4.69) is 0 Å². The van der Waals surface area contributed by atoms with Gasteiger partial charge in [0.25, 0.3) is 11.7 Å². The zero-order chi connectivity index (χ0) is 27.1. The summed E-state index contributed by atoms with van der Waals surface area (Å²) in [6, 6.07) is 22.9. The van der Waals surface area contributed by atoms with Crippen molar-refractivity contribution in [1.82, 2.24) is 9.80 Å². The Balaban J connectivity index is 1.76. The number of aliphatic hydroxyl groups is 1. The molecule has 198 valence electrons. The van der Waals surface area contributed by atoms with Gasteiger partial charge in [-0.15, -0.1) is 0 Å². The Morgan fingerprint density at radius 1 is 0.921 bits per heavy atom. The normalized spacial score (nSPS) is 16.7. The molecule has 1 aliphatic heterocycles. The summed E-state index contributed by atoms with van der Waals surface area (Å²) in [5.41, 5.74) is 1.17. The first-order valence-corrected chi connectivity index (χ1v) is 12.9. The largest absolute Gasteiger partial charge is 0.507 e. The van der Waals surface area contributed by atoms with Gasteiger partial charge in [-0.05, 0) is 75.4 Å². The predicted octanol–water partition coefficient (Wildman–Crippen LogP) is 5.64. The lowest BCUT2D eigenvalue weighted by molar-refractivity contribution is -0.139. The fourth-order valence-electron chi connectivity index (χ4n) is 4.50. The predicted molar refractivity (Wildman–Crippen MR) is 147 cm³/mol. The molecular weight excluding hydrogens is 480 g/mol. The number of hydrogen-bond acceptors (Lipinski definition) is 6. The van der Waals surface area contributed by atoms with Crippen LogP contribution in [0.25, 0.3) is 5.76 Å². The van der Waals surface area contributed by atoms with Crippen LogP contribution in [0.3, 0.4) is 0 Å². The first-order valence-electron chi connectivity index (χ1n) is 12.9. The lowest BCUT2D eigenvalue weighted by Crippen LogP contribution is -2.32. The molecule has 1 N–H and O–H groups in total. The van der Waals surface area contributed by atoms with Gasteiger partial charge in [0.1, 0.15) is 23.0 Å². The van der Waals surface area contributed by atoms with Crippen molar-refractivity contribution in [2.45, 2.75) is 25.8 Å². The first kappa shape index (κ1) is 26.9. The highest BCUT2D eigenvalue weighted by Crippen LogP contribution is 2.41. The number of ketones is 1. The van der Waals surface area contributed by atoms with E-state index in [-0.39, 0.29) is 11.3 Å². The number of benzene rings is 3. The Kier molecular flexibility index (Phi) is 8.81. The molecule has 3 aromatic carbocycles. The van der Waals surface area contributed by atoms with E-state index in [9.17, 15) is 14.7 Å². The van der Waals surface area contributed by atoms with E-state index < -0.39 is 17.7 Å². The maximum absolute atomic E-state index is 13.4. The highest BCUT2D eigenvalue weighted by atomic mass is 16.5. The molecular formula is C31H34N2O5. The number of hydrogen-bond donors (Lipinski definition) is 1. The van der Waals surface area contributed by atoms with E-state index in [1.807, 2.05) is 80.5 Å². The summed E-state index contributed by atoms with van der Waals surface area (Å²) in [4.78, 5) is 30.2. The molecule has 38 heavy (non-hydrogen) atoms. The van der Waals surface area contributed by atoms with Gasteiger partial charge in [-0.1, -0.05) is 49.4 Å². The van der Waals surface area contributed by atoms with Crippen molar-refractivity contribution in [3.05, 3.63) is 95.6 Å². The molecule has 0 radical (unpaired) electrons. The molecule has 1 atom stereocenters. The maximum atomic E-state index is 13.4. The van der Waals surface area contributed by atoms with Crippen LogP contribution < -0.4 is 9.47 Å². The van der Waals surface area contributed by atoms with Crippen LogP contribution in [-0.2, 0) is 9.59 Å². The molecule has 1 amide bonds. The molecule has 3 aromatic rings. The number of nitrogens with zero attached hydrogens (tertiary/aromatic N) is 2. The second kappa shape index (κ2) is 12.4. The van der Waals surface area contributed by atoms with Crippen molar-refractivity contribution in [1.29, 1.82) is 0 Å². The minimum Gasteiger partial charge on any atom is -0.507 e. The van der Waals surface area contributed by atoms with Crippen molar-refractivity contribution in [2.24, 2.45) is 0 Å². The molecule has 0 spiro atoms. The zero-order valence-corrected chi connectivity index (χ0v) is 22.1. The minimum atomic E-state index is -0.753. The van der Waals surface area contributed by atoms with E-state index in [0.717, 1.165) is 13.0 Å². The standard InChI is InChI=1S/C31H34N2O5/c1-4-19-37-25-15-9-12-23(21-25)29(34)27-28(33(31(36)30(27)35)18-10-17-32(2)3)22-11-8-16-26(20-22)38-24-13-6-5-7-14-24/h5-9,11-16,20-21,28,34H,4,10,17-19H2,1-3H3. The zero-order valence-electron chi connectivity index (χ0n) is 22.1. The van der Waals surface area contributed by atoms with Crippen LogP contribution >= 0.6 is 0 Å². The number of rotatable bonds is 11. The second-order valence-electron chi connectivity index (χ2n) is 9.51. The van der Waals surface area contributed by atoms with Gasteiger partial charge in [-0.3, -0.25) is 9.59 Å². The van der Waals surface area contributed by atoms with Crippen molar-refractivity contribution >= 4 is 17.4 Å². The van der Waals surface area contributed by atoms with E-state index in [1.165, 1.54) is 0 Å². The third-order valence-corrected chi connectivity index (χ3v) is 6.28. The first-order chi connectivity index (χ1) is 18.4. The molecule has 4 rings (SSSR count). The molecule has 0 aromatic heterocycles. The van der Waals surface area contributed by atoms with Gasteiger partial charge in [0.2, 0.25) is 0 Å². The van der Waals surface area contributed by atoms with E-state index in [0.29, 0.717) is 47.9 Å². The van der Waals surface area contributed by atoms with Crippen molar-refractivity contribution < 1.29 is 24.2 Å². The van der Waals surface area contributed by atoms with Crippen LogP contribution in [-0.4, -0.2) is 60.4 Å². The van der Waals surface area contributed by atoms with Crippen molar-refractivity contribution in [2.75, 3.05) is 33.8 Å². The summed E-state index contributed by atoms with van der Waals surface area (Å²) in [6.45, 7) is 3.67. The lowest BCUT2D eigenvalue weighted by Gasteiger charge is -2.26. The molecule has 0 bridgehead atoms. The van der Waals surface area contributed by atoms with Gasteiger partial charge >= 0.3 is 0 Å². The summed E-state index contributed by atoms with van der Waals surface area (Å²) >= 11 is 0. The highest BCUT2D eigenvalue weighted by molar-refractivity contribution is 6.46. The van der Waals surface area contributed by atoms with Gasteiger partial charge in [0.05, 0.1) is 18.2 Å². The number of aliphatic hydroxyl groups excluding tert-OH is 1. The third kappa shape index (κ3) is 6.23. The van der Waals surface area contributed by atoms with E-state index in [4.69, 9.17) is 9.47 Å². The monoisotopic (exact) mass is 514 g/mol. The van der Waals surface area contributed by atoms with Gasteiger partial charge in [0.15, 0.2) is 0 Å². The smallest absolute Gasteiger partial charge is 0.295 e. The van der Waals surface area contributed by atoms with Crippen LogP contribution in [0, 0.1) is 0 Å². The molecule has 7 nitrogen and oxygen atoms in total. The van der Waals surface area contributed by atoms with E-state index >= 15 is 0 Å². The second-order valence-corrected chi connectivity index (χ2v) is 9.51. The van der Waals surface area contributed by atoms with Gasteiger partial charge < -0.3 is 24.4 Å². The third-order valence-electron chi connectivity index (χ3n) is 6.28. The average molecular weight is 515 g/mol.